The van der Waals surface area contributed by atoms with Gasteiger partial charge in [0.1, 0.15) is 5.75 Å². The zero-order chi connectivity index (χ0) is 21.5. The fraction of sp³-hybridized carbons (Fsp3) is 0.0870. The van der Waals surface area contributed by atoms with E-state index in [4.69, 9.17) is 9.84 Å². The summed E-state index contributed by atoms with van der Waals surface area (Å²) in [5, 5.41) is 14.3. The van der Waals surface area contributed by atoms with Gasteiger partial charge >= 0.3 is 5.97 Å². The van der Waals surface area contributed by atoms with Gasteiger partial charge < -0.3 is 20.5 Å². The molecule has 0 aliphatic heterocycles. The first-order valence-electron chi connectivity index (χ1n) is 9.16. The topological polar surface area (TPSA) is 105 Å². The number of benzene rings is 3. The Bertz CT molecular complexity index is 1080. The largest absolute Gasteiger partial charge is 0.483 e. The summed E-state index contributed by atoms with van der Waals surface area (Å²) < 4.78 is 5.54. The standard InChI is InChI=1S/C23H20N2O5/c1-15-6-2-5-9-20(15)30-14-21(26)25-19-8-4-3-7-18(19)22(27)24-17-12-10-16(11-13-17)23(28)29/h2-13H,14H2,1H3,(H,24,27)(H,25,26)(H,28,29). The Morgan fingerprint density at radius 3 is 2.23 bits per heavy atom. The van der Waals surface area contributed by atoms with Crippen LogP contribution >= 0.6 is 0 Å². The second kappa shape index (κ2) is 9.38. The maximum absolute atomic E-state index is 12.6. The Morgan fingerprint density at radius 2 is 1.53 bits per heavy atom. The minimum Gasteiger partial charge on any atom is -0.483 e. The number of nitrogens with one attached hydrogen (secondary N) is 2. The van der Waals surface area contributed by atoms with Crippen LogP contribution in [0.5, 0.6) is 5.75 Å². The molecular weight excluding hydrogens is 384 g/mol. The van der Waals surface area contributed by atoms with Gasteiger partial charge in [0.25, 0.3) is 11.8 Å². The summed E-state index contributed by atoms with van der Waals surface area (Å²) in [6, 6.07) is 19.7. The molecule has 0 aliphatic carbocycles. The molecule has 30 heavy (non-hydrogen) atoms. The van der Waals surface area contributed by atoms with Crippen molar-refractivity contribution in [2.24, 2.45) is 0 Å². The van der Waals surface area contributed by atoms with Crippen LogP contribution in [0.4, 0.5) is 11.4 Å². The first-order chi connectivity index (χ1) is 14.4. The fourth-order valence-corrected chi connectivity index (χ4v) is 2.73. The van der Waals surface area contributed by atoms with E-state index >= 15 is 0 Å². The van der Waals surface area contributed by atoms with Gasteiger partial charge in [-0.15, -0.1) is 0 Å². The van der Waals surface area contributed by atoms with Crippen LogP contribution in [0.15, 0.2) is 72.8 Å². The molecule has 152 valence electrons. The molecule has 0 saturated carbocycles. The second-order valence-corrected chi connectivity index (χ2v) is 6.48. The van der Waals surface area contributed by atoms with Crippen molar-refractivity contribution in [3.63, 3.8) is 0 Å². The highest BCUT2D eigenvalue weighted by atomic mass is 16.5. The number of ether oxygens (including phenoxy) is 1. The summed E-state index contributed by atoms with van der Waals surface area (Å²) in [5.41, 5.74) is 2.09. The van der Waals surface area contributed by atoms with Gasteiger partial charge in [-0.1, -0.05) is 30.3 Å². The molecular formula is C23H20N2O5. The van der Waals surface area contributed by atoms with Crippen molar-refractivity contribution >= 4 is 29.2 Å². The van der Waals surface area contributed by atoms with Crippen LogP contribution in [-0.4, -0.2) is 29.5 Å². The van der Waals surface area contributed by atoms with E-state index in [1.807, 2.05) is 25.1 Å². The van der Waals surface area contributed by atoms with E-state index in [0.717, 1.165) is 5.56 Å². The Hall–Kier alpha value is -4.13. The summed E-state index contributed by atoms with van der Waals surface area (Å²) >= 11 is 0. The number of rotatable bonds is 7. The molecule has 0 spiro atoms. The lowest BCUT2D eigenvalue weighted by Gasteiger charge is -2.13. The van der Waals surface area contributed by atoms with E-state index < -0.39 is 17.8 Å². The number of para-hydroxylation sites is 2. The third kappa shape index (κ3) is 5.23. The third-order valence-electron chi connectivity index (χ3n) is 4.29. The average Bonchev–Trinajstić information content (AvgIpc) is 2.74. The molecule has 0 aromatic heterocycles. The monoisotopic (exact) mass is 404 g/mol. The minimum atomic E-state index is -1.05. The Morgan fingerprint density at radius 1 is 0.867 bits per heavy atom. The first-order valence-corrected chi connectivity index (χ1v) is 9.16. The molecule has 3 aromatic rings. The molecule has 0 bridgehead atoms. The molecule has 7 heteroatoms. The predicted octanol–water partition coefficient (Wildman–Crippen LogP) is 3.96. The van der Waals surface area contributed by atoms with Gasteiger partial charge in [-0.25, -0.2) is 4.79 Å². The number of hydrogen-bond donors (Lipinski definition) is 3. The maximum atomic E-state index is 12.6. The number of anilines is 2. The van der Waals surface area contributed by atoms with E-state index in [2.05, 4.69) is 10.6 Å². The molecule has 0 fully saturated rings. The Labute approximate surface area is 173 Å². The molecule has 3 rings (SSSR count). The molecule has 0 atom stereocenters. The average molecular weight is 404 g/mol. The van der Waals surface area contributed by atoms with Gasteiger partial charge in [0.15, 0.2) is 6.61 Å². The lowest BCUT2D eigenvalue weighted by atomic mass is 10.1. The molecule has 3 N–H and O–H groups in total. The smallest absolute Gasteiger partial charge is 0.335 e. The van der Waals surface area contributed by atoms with Crippen molar-refractivity contribution in [2.75, 3.05) is 17.2 Å². The van der Waals surface area contributed by atoms with Crippen molar-refractivity contribution in [2.45, 2.75) is 6.92 Å². The van der Waals surface area contributed by atoms with Crippen molar-refractivity contribution in [3.8, 4) is 5.75 Å². The third-order valence-corrected chi connectivity index (χ3v) is 4.29. The number of aryl methyl sites for hydroxylation is 1. The minimum absolute atomic E-state index is 0.120. The van der Waals surface area contributed by atoms with Gasteiger partial charge in [-0.05, 0) is 55.0 Å². The molecule has 2 amide bonds. The van der Waals surface area contributed by atoms with E-state index in [0.29, 0.717) is 17.1 Å². The maximum Gasteiger partial charge on any atom is 0.335 e. The van der Waals surface area contributed by atoms with Gasteiger partial charge in [0.2, 0.25) is 0 Å². The fourth-order valence-electron chi connectivity index (χ4n) is 2.73. The highest BCUT2D eigenvalue weighted by molar-refractivity contribution is 6.10. The molecule has 3 aromatic carbocycles. The van der Waals surface area contributed by atoms with Crippen molar-refractivity contribution in [1.29, 1.82) is 0 Å². The van der Waals surface area contributed by atoms with E-state index in [1.54, 1.807) is 30.3 Å². The lowest BCUT2D eigenvalue weighted by molar-refractivity contribution is -0.118. The molecule has 0 aliphatic rings. The van der Waals surface area contributed by atoms with Crippen LogP contribution in [0.25, 0.3) is 0 Å². The number of carbonyl (C=O) groups is 3. The van der Waals surface area contributed by atoms with Crippen LogP contribution in [0.3, 0.4) is 0 Å². The Balaban J connectivity index is 1.66. The molecule has 0 radical (unpaired) electrons. The lowest BCUT2D eigenvalue weighted by Crippen LogP contribution is -2.23. The molecule has 0 heterocycles. The van der Waals surface area contributed by atoms with Crippen molar-refractivity contribution < 1.29 is 24.2 Å². The molecule has 7 nitrogen and oxygen atoms in total. The zero-order valence-electron chi connectivity index (χ0n) is 16.2. The number of carboxylic acid groups (broad SMARTS) is 1. The summed E-state index contributed by atoms with van der Waals surface area (Å²) in [4.78, 5) is 35.9. The first kappa shape index (κ1) is 20.6. The highest BCUT2D eigenvalue weighted by Gasteiger charge is 2.14. The van der Waals surface area contributed by atoms with Gasteiger partial charge in [-0.3, -0.25) is 9.59 Å². The van der Waals surface area contributed by atoms with Crippen molar-refractivity contribution in [3.05, 3.63) is 89.5 Å². The van der Waals surface area contributed by atoms with Crippen LogP contribution in [-0.2, 0) is 4.79 Å². The predicted molar refractivity (Wildman–Crippen MR) is 113 cm³/mol. The molecule has 0 saturated heterocycles. The number of amides is 2. The number of carbonyl (C=O) groups excluding carboxylic acids is 2. The summed E-state index contributed by atoms with van der Waals surface area (Å²) in [7, 11) is 0. The van der Waals surface area contributed by atoms with Crippen LogP contribution in [0.2, 0.25) is 0 Å². The van der Waals surface area contributed by atoms with Gasteiger partial charge in [-0.2, -0.15) is 0 Å². The number of carboxylic acids is 1. The van der Waals surface area contributed by atoms with Crippen LogP contribution in [0.1, 0.15) is 26.3 Å². The quantitative estimate of drug-likeness (QED) is 0.553. The van der Waals surface area contributed by atoms with E-state index in [9.17, 15) is 14.4 Å². The number of hydrogen-bond acceptors (Lipinski definition) is 4. The van der Waals surface area contributed by atoms with Crippen LogP contribution < -0.4 is 15.4 Å². The SMILES string of the molecule is Cc1ccccc1OCC(=O)Nc1ccccc1C(=O)Nc1ccc(C(=O)O)cc1. The van der Waals surface area contributed by atoms with Crippen LogP contribution in [0, 0.1) is 6.92 Å². The highest BCUT2D eigenvalue weighted by Crippen LogP contribution is 2.19. The Kier molecular flexibility index (Phi) is 6.44. The molecule has 0 unspecified atom stereocenters. The van der Waals surface area contributed by atoms with E-state index in [1.165, 1.54) is 24.3 Å². The normalized spacial score (nSPS) is 10.2. The second-order valence-electron chi connectivity index (χ2n) is 6.48. The van der Waals surface area contributed by atoms with Gasteiger partial charge in [0.05, 0.1) is 16.8 Å². The van der Waals surface area contributed by atoms with Gasteiger partial charge in [0, 0.05) is 5.69 Å². The number of aromatic carboxylic acids is 1. The van der Waals surface area contributed by atoms with E-state index in [-0.39, 0.29) is 17.7 Å². The summed E-state index contributed by atoms with van der Waals surface area (Å²) in [5.74, 6) is -1.27. The van der Waals surface area contributed by atoms with Crippen molar-refractivity contribution in [1.82, 2.24) is 0 Å². The summed E-state index contributed by atoms with van der Waals surface area (Å²) in [6.07, 6.45) is 0. The zero-order valence-corrected chi connectivity index (χ0v) is 16.2. The summed E-state index contributed by atoms with van der Waals surface area (Å²) in [6.45, 7) is 1.69.